The molecule has 1 aliphatic heterocycles. The summed E-state index contributed by atoms with van der Waals surface area (Å²) < 4.78 is 3.86. The van der Waals surface area contributed by atoms with E-state index in [1.165, 1.54) is 17.2 Å². The number of carbonyl (C=O) groups excluding carboxylic acids is 1. The number of nitrogens with zero attached hydrogens (tertiary/aromatic N) is 4. The zero-order valence-corrected chi connectivity index (χ0v) is 13.6. The number of hydrogen-bond donors (Lipinski definition) is 1. The first-order valence-corrected chi connectivity index (χ1v) is 8.51. The number of rotatable bonds is 2. The SMILES string of the molecule is Cc1nnsc1C(=O)N1CCC(c2cc3ncccc3[nH]2)CC1. The topological polar surface area (TPSA) is 74.8 Å². The zero-order valence-electron chi connectivity index (χ0n) is 12.8. The van der Waals surface area contributed by atoms with Crippen molar-refractivity contribution >= 4 is 28.5 Å². The van der Waals surface area contributed by atoms with E-state index in [0.717, 1.165) is 42.7 Å². The number of aromatic amines is 1. The molecule has 0 saturated carbocycles. The minimum absolute atomic E-state index is 0.0641. The van der Waals surface area contributed by atoms with Crippen molar-refractivity contribution < 1.29 is 4.79 Å². The number of likely N-dealkylation sites (tertiary alicyclic amines) is 1. The maximum Gasteiger partial charge on any atom is 0.267 e. The zero-order chi connectivity index (χ0) is 15.8. The Morgan fingerprint density at radius 3 is 2.91 bits per heavy atom. The average Bonchev–Trinajstić information content (AvgIpc) is 3.20. The molecule has 7 heteroatoms. The van der Waals surface area contributed by atoms with E-state index in [0.29, 0.717) is 10.8 Å². The van der Waals surface area contributed by atoms with Crippen LogP contribution in [0.1, 0.15) is 39.8 Å². The summed E-state index contributed by atoms with van der Waals surface area (Å²) in [6.07, 6.45) is 3.74. The van der Waals surface area contributed by atoms with Gasteiger partial charge in [0.15, 0.2) is 0 Å². The van der Waals surface area contributed by atoms with Gasteiger partial charge in [0.1, 0.15) is 4.88 Å². The van der Waals surface area contributed by atoms with Gasteiger partial charge in [0.05, 0.1) is 16.7 Å². The lowest BCUT2D eigenvalue weighted by Crippen LogP contribution is -2.37. The van der Waals surface area contributed by atoms with Gasteiger partial charge in [0.25, 0.3) is 5.91 Å². The second kappa shape index (κ2) is 5.73. The minimum atomic E-state index is 0.0641. The molecule has 4 heterocycles. The van der Waals surface area contributed by atoms with Crippen LogP contribution in [0.2, 0.25) is 0 Å². The van der Waals surface area contributed by atoms with Gasteiger partial charge in [-0.1, -0.05) is 4.49 Å². The number of aryl methyl sites for hydroxylation is 1. The molecule has 1 aliphatic rings. The molecule has 0 bridgehead atoms. The van der Waals surface area contributed by atoms with E-state index in [9.17, 15) is 4.79 Å². The summed E-state index contributed by atoms with van der Waals surface area (Å²) in [5.74, 6) is 0.517. The molecule has 0 atom stereocenters. The molecule has 3 aromatic rings. The molecular weight excluding hydrogens is 310 g/mol. The van der Waals surface area contributed by atoms with Crippen LogP contribution in [0.25, 0.3) is 11.0 Å². The third-order valence-corrected chi connectivity index (χ3v) is 5.29. The molecule has 1 saturated heterocycles. The number of carbonyl (C=O) groups is 1. The van der Waals surface area contributed by atoms with Crippen molar-refractivity contribution in [3.05, 3.63) is 40.7 Å². The molecule has 4 rings (SSSR count). The normalized spacial score (nSPS) is 16.1. The first-order valence-electron chi connectivity index (χ1n) is 7.74. The van der Waals surface area contributed by atoms with E-state index in [2.05, 4.69) is 25.6 Å². The lowest BCUT2D eigenvalue weighted by Gasteiger charge is -2.31. The van der Waals surface area contributed by atoms with Gasteiger partial charge >= 0.3 is 0 Å². The maximum absolute atomic E-state index is 12.5. The highest BCUT2D eigenvalue weighted by Crippen LogP contribution is 2.30. The van der Waals surface area contributed by atoms with E-state index in [1.54, 1.807) is 0 Å². The lowest BCUT2D eigenvalue weighted by molar-refractivity contribution is 0.0716. The molecule has 0 radical (unpaired) electrons. The molecule has 3 aromatic heterocycles. The number of hydrogen-bond acceptors (Lipinski definition) is 5. The fourth-order valence-corrected chi connectivity index (χ4v) is 3.79. The lowest BCUT2D eigenvalue weighted by atomic mass is 9.93. The van der Waals surface area contributed by atoms with Gasteiger partial charge in [-0.2, -0.15) is 0 Å². The molecule has 118 valence electrons. The Morgan fingerprint density at radius 2 is 2.22 bits per heavy atom. The van der Waals surface area contributed by atoms with Crippen LogP contribution in [0.15, 0.2) is 24.4 Å². The molecule has 0 aromatic carbocycles. The van der Waals surface area contributed by atoms with E-state index >= 15 is 0 Å². The largest absolute Gasteiger partial charge is 0.357 e. The Morgan fingerprint density at radius 1 is 1.39 bits per heavy atom. The van der Waals surface area contributed by atoms with Crippen LogP contribution in [-0.4, -0.2) is 43.5 Å². The second-order valence-corrected chi connectivity index (χ2v) is 6.67. The van der Waals surface area contributed by atoms with E-state index in [-0.39, 0.29) is 5.91 Å². The number of pyridine rings is 1. The van der Waals surface area contributed by atoms with Crippen molar-refractivity contribution in [3.8, 4) is 0 Å². The monoisotopic (exact) mass is 327 g/mol. The van der Waals surface area contributed by atoms with Crippen LogP contribution in [0, 0.1) is 6.92 Å². The number of piperidine rings is 1. The molecule has 1 N–H and O–H groups in total. The molecule has 6 nitrogen and oxygen atoms in total. The summed E-state index contributed by atoms with van der Waals surface area (Å²) in [7, 11) is 0. The summed E-state index contributed by atoms with van der Waals surface area (Å²) in [6.45, 7) is 3.37. The van der Waals surface area contributed by atoms with Crippen molar-refractivity contribution in [3.63, 3.8) is 0 Å². The number of amides is 1. The first-order chi connectivity index (χ1) is 11.2. The molecule has 23 heavy (non-hydrogen) atoms. The van der Waals surface area contributed by atoms with Crippen LogP contribution >= 0.6 is 11.5 Å². The van der Waals surface area contributed by atoms with Crippen molar-refractivity contribution in [2.75, 3.05) is 13.1 Å². The second-order valence-electron chi connectivity index (χ2n) is 5.91. The molecule has 0 unspecified atom stereocenters. The molecular formula is C16H17N5OS. The standard InChI is InChI=1S/C16H17N5OS/c1-10-15(23-20-19-10)16(22)21-7-4-11(5-8-21)13-9-14-12(18-13)3-2-6-17-14/h2-3,6,9,11,18H,4-5,7-8H2,1H3. The van der Waals surface area contributed by atoms with Crippen LogP contribution < -0.4 is 0 Å². The fraction of sp³-hybridized carbons (Fsp3) is 0.375. The summed E-state index contributed by atoms with van der Waals surface area (Å²) in [5, 5.41) is 3.93. The Hall–Kier alpha value is -2.28. The van der Waals surface area contributed by atoms with Gasteiger partial charge in [-0.05, 0) is 49.5 Å². The Bertz CT molecular complexity index is 814. The molecule has 0 spiro atoms. The van der Waals surface area contributed by atoms with Crippen molar-refractivity contribution in [1.29, 1.82) is 0 Å². The van der Waals surface area contributed by atoms with Gasteiger partial charge in [-0.3, -0.25) is 9.78 Å². The van der Waals surface area contributed by atoms with Crippen LogP contribution in [-0.2, 0) is 0 Å². The number of fused-ring (bicyclic) bond motifs is 1. The predicted molar refractivity (Wildman–Crippen MR) is 88.6 cm³/mol. The summed E-state index contributed by atoms with van der Waals surface area (Å²) in [4.78, 5) is 22.9. The van der Waals surface area contributed by atoms with Gasteiger partial charge in [-0.15, -0.1) is 5.10 Å². The molecule has 1 amide bonds. The van der Waals surface area contributed by atoms with Crippen LogP contribution in [0.5, 0.6) is 0 Å². The summed E-state index contributed by atoms with van der Waals surface area (Å²) in [5.41, 5.74) is 4.03. The highest BCUT2D eigenvalue weighted by atomic mass is 32.1. The molecule has 0 aliphatic carbocycles. The highest BCUT2D eigenvalue weighted by Gasteiger charge is 2.27. The Balaban J connectivity index is 1.46. The summed E-state index contributed by atoms with van der Waals surface area (Å²) >= 11 is 1.18. The third-order valence-electron chi connectivity index (χ3n) is 4.48. The van der Waals surface area contributed by atoms with Gasteiger partial charge < -0.3 is 9.88 Å². The van der Waals surface area contributed by atoms with E-state index < -0.39 is 0 Å². The molecule has 1 fully saturated rings. The van der Waals surface area contributed by atoms with E-state index in [1.807, 2.05) is 30.2 Å². The van der Waals surface area contributed by atoms with Crippen molar-refractivity contribution in [2.45, 2.75) is 25.7 Å². The van der Waals surface area contributed by atoms with Crippen molar-refractivity contribution in [1.82, 2.24) is 24.5 Å². The first kappa shape index (κ1) is 14.3. The Labute approximate surface area is 137 Å². The smallest absolute Gasteiger partial charge is 0.267 e. The highest BCUT2D eigenvalue weighted by molar-refractivity contribution is 7.07. The third kappa shape index (κ3) is 2.61. The number of H-pyrrole nitrogens is 1. The fourth-order valence-electron chi connectivity index (χ4n) is 3.16. The Kier molecular flexibility index (Phi) is 3.57. The van der Waals surface area contributed by atoms with E-state index in [4.69, 9.17) is 0 Å². The number of nitrogens with one attached hydrogen (secondary N) is 1. The van der Waals surface area contributed by atoms with Crippen molar-refractivity contribution in [2.24, 2.45) is 0 Å². The predicted octanol–water partition coefficient (Wildman–Crippen LogP) is 2.74. The average molecular weight is 327 g/mol. The van der Waals surface area contributed by atoms with Crippen LogP contribution in [0.4, 0.5) is 0 Å². The van der Waals surface area contributed by atoms with Gasteiger partial charge in [-0.25, -0.2) is 0 Å². The minimum Gasteiger partial charge on any atom is -0.357 e. The number of aromatic nitrogens is 4. The van der Waals surface area contributed by atoms with Crippen LogP contribution in [0.3, 0.4) is 0 Å². The summed E-state index contributed by atoms with van der Waals surface area (Å²) in [6, 6.07) is 6.12. The van der Waals surface area contributed by atoms with Gasteiger partial charge in [0.2, 0.25) is 0 Å². The quantitative estimate of drug-likeness (QED) is 0.785. The van der Waals surface area contributed by atoms with Gasteiger partial charge in [0, 0.05) is 30.9 Å². The maximum atomic E-state index is 12.5.